The summed E-state index contributed by atoms with van der Waals surface area (Å²) in [6.07, 6.45) is 0. The number of amides is 1. The first-order valence-electron chi connectivity index (χ1n) is 6.44. The Balaban J connectivity index is 2.09. The summed E-state index contributed by atoms with van der Waals surface area (Å²) in [5.74, 6) is -0.124. The van der Waals surface area contributed by atoms with Gasteiger partial charge in [-0.2, -0.15) is 17.8 Å². The number of carbonyl (C=O) groups is 1. The predicted molar refractivity (Wildman–Crippen MR) is 73.2 cm³/mol. The topological polar surface area (TPSA) is 102 Å². The Bertz CT molecular complexity index is 602. The number of hydrogen-bond donors (Lipinski definition) is 1. The average molecular weight is 301 g/mol. The molecule has 1 aromatic heterocycles. The molecule has 0 aromatic carbocycles. The van der Waals surface area contributed by atoms with Crippen molar-refractivity contribution < 1.29 is 13.2 Å². The molecule has 2 N–H and O–H groups in total. The van der Waals surface area contributed by atoms with Crippen molar-refractivity contribution in [2.24, 2.45) is 5.14 Å². The Morgan fingerprint density at radius 2 is 1.95 bits per heavy atom. The van der Waals surface area contributed by atoms with Crippen LogP contribution >= 0.6 is 0 Å². The quantitative estimate of drug-likeness (QED) is 0.787. The lowest BCUT2D eigenvalue weighted by molar-refractivity contribution is 0.0685. The smallest absolute Gasteiger partial charge is 0.277 e. The van der Waals surface area contributed by atoms with E-state index in [0.29, 0.717) is 25.3 Å². The third-order valence-corrected chi connectivity index (χ3v) is 4.39. The molecule has 0 atom stereocenters. The van der Waals surface area contributed by atoms with Gasteiger partial charge in [0.2, 0.25) is 0 Å². The standard InChI is InChI=1S/C11H19N5O3S/c1-3-16-10(8-9(2)13-16)11(17)14-4-6-15(7-5-14)20(12,18)19/h8H,3-7H2,1-2H3,(H2,12,18,19). The van der Waals surface area contributed by atoms with Crippen LogP contribution in [0.4, 0.5) is 0 Å². The van der Waals surface area contributed by atoms with Gasteiger partial charge in [0.05, 0.1) is 5.69 Å². The van der Waals surface area contributed by atoms with Gasteiger partial charge in [0, 0.05) is 32.7 Å². The number of nitrogens with two attached hydrogens (primary N) is 1. The summed E-state index contributed by atoms with van der Waals surface area (Å²) in [5, 5.41) is 9.31. The van der Waals surface area contributed by atoms with Gasteiger partial charge in [0.25, 0.3) is 16.1 Å². The zero-order valence-corrected chi connectivity index (χ0v) is 12.4. The molecule has 9 heteroatoms. The third-order valence-electron chi connectivity index (χ3n) is 3.31. The summed E-state index contributed by atoms with van der Waals surface area (Å²) in [4.78, 5) is 14.0. The van der Waals surface area contributed by atoms with Crippen molar-refractivity contribution >= 4 is 16.1 Å². The van der Waals surface area contributed by atoms with E-state index in [9.17, 15) is 13.2 Å². The molecule has 1 amide bonds. The van der Waals surface area contributed by atoms with Gasteiger partial charge >= 0.3 is 0 Å². The first-order chi connectivity index (χ1) is 9.32. The summed E-state index contributed by atoms with van der Waals surface area (Å²) in [6.45, 7) is 5.50. The molecule has 20 heavy (non-hydrogen) atoms. The van der Waals surface area contributed by atoms with E-state index in [0.717, 1.165) is 5.69 Å². The maximum absolute atomic E-state index is 12.4. The molecule has 1 aliphatic heterocycles. The average Bonchev–Trinajstić information content (AvgIpc) is 2.78. The van der Waals surface area contributed by atoms with Crippen LogP contribution < -0.4 is 5.14 Å². The van der Waals surface area contributed by atoms with Gasteiger partial charge in [-0.1, -0.05) is 0 Å². The van der Waals surface area contributed by atoms with E-state index < -0.39 is 10.2 Å². The van der Waals surface area contributed by atoms with Crippen LogP contribution in [0.25, 0.3) is 0 Å². The zero-order chi connectivity index (χ0) is 14.9. The minimum Gasteiger partial charge on any atom is -0.335 e. The Morgan fingerprint density at radius 3 is 2.45 bits per heavy atom. The zero-order valence-electron chi connectivity index (χ0n) is 11.6. The van der Waals surface area contributed by atoms with Crippen molar-refractivity contribution in [3.63, 3.8) is 0 Å². The molecule has 0 bridgehead atoms. The van der Waals surface area contributed by atoms with E-state index in [2.05, 4.69) is 5.10 Å². The minimum absolute atomic E-state index is 0.124. The molecular weight excluding hydrogens is 282 g/mol. The maximum atomic E-state index is 12.4. The van der Waals surface area contributed by atoms with Gasteiger partial charge in [0.15, 0.2) is 0 Å². The number of rotatable bonds is 3. The van der Waals surface area contributed by atoms with E-state index in [4.69, 9.17) is 5.14 Å². The second-order valence-corrected chi connectivity index (χ2v) is 6.27. The molecule has 0 spiro atoms. The number of aryl methyl sites for hydroxylation is 2. The lowest BCUT2D eigenvalue weighted by Crippen LogP contribution is -2.52. The predicted octanol–water partition coefficient (Wildman–Crippen LogP) is -0.827. The second kappa shape index (κ2) is 5.51. The number of hydrogen-bond acceptors (Lipinski definition) is 4. The monoisotopic (exact) mass is 301 g/mol. The normalized spacial score (nSPS) is 17.4. The summed E-state index contributed by atoms with van der Waals surface area (Å²) in [7, 11) is -3.67. The maximum Gasteiger partial charge on any atom is 0.277 e. The molecule has 0 aliphatic carbocycles. The third kappa shape index (κ3) is 3.00. The van der Waals surface area contributed by atoms with Gasteiger partial charge in [-0.05, 0) is 19.9 Å². The largest absolute Gasteiger partial charge is 0.335 e. The molecule has 1 fully saturated rings. The lowest BCUT2D eigenvalue weighted by atomic mass is 10.3. The Labute approximate surface area is 118 Å². The molecule has 2 rings (SSSR count). The first-order valence-corrected chi connectivity index (χ1v) is 7.95. The molecule has 1 aliphatic rings. The summed E-state index contributed by atoms with van der Waals surface area (Å²) >= 11 is 0. The fourth-order valence-corrected chi connectivity index (χ4v) is 2.94. The molecule has 1 saturated heterocycles. The van der Waals surface area contributed by atoms with Crippen LogP contribution in [0.1, 0.15) is 23.1 Å². The van der Waals surface area contributed by atoms with E-state index in [1.807, 2.05) is 13.8 Å². The van der Waals surface area contributed by atoms with Crippen LogP contribution in [0.3, 0.4) is 0 Å². The van der Waals surface area contributed by atoms with Crippen molar-refractivity contribution in [3.05, 3.63) is 17.5 Å². The van der Waals surface area contributed by atoms with E-state index in [1.54, 1.807) is 15.6 Å². The van der Waals surface area contributed by atoms with Crippen molar-refractivity contribution in [1.29, 1.82) is 0 Å². The lowest BCUT2D eigenvalue weighted by Gasteiger charge is -2.32. The van der Waals surface area contributed by atoms with Gasteiger partial charge in [-0.25, -0.2) is 5.14 Å². The summed E-state index contributed by atoms with van der Waals surface area (Å²) < 4.78 is 25.3. The molecular formula is C11H19N5O3S. The van der Waals surface area contributed by atoms with E-state index >= 15 is 0 Å². The number of nitrogens with zero attached hydrogens (tertiary/aromatic N) is 4. The van der Waals surface area contributed by atoms with Crippen molar-refractivity contribution in [2.45, 2.75) is 20.4 Å². The van der Waals surface area contributed by atoms with Gasteiger partial charge < -0.3 is 4.90 Å². The molecule has 8 nitrogen and oxygen atoms in total. The molecule has 0 saturated carbocycles. The molecule has 112 valence electrons. The van der Waals surface area contributed by atoms with E-state index in [1.165, 1.54) is 4.31 Å². The van der Waals surface area contributed by atoms with Crippen LogP contribution in [0, 0.1) is 6.92 Å². The number of piperazine rings is 1. The van der Waals surface area contributed by atoms with Gasteiger partial charge in [0.1, 0.15) is 5.69 Å². The fraction of sp³-hybridized carbons (Fsp3) is 0.636. The van der Waals surface area contributed by atoms with Crippen molar-refractivity contribution in [3.8, 4) is 0 Å². The Hall–Kier alpha value is -1.45. The molecule has 0 unspecified atom stereocenters. The SMILES string of the molecule is CCn1nc(C)cc1C(=O)N1CCN(S(N)(=O)=O)CC1. The van der Waals surface area contributed by atoms with Crippen LogP contribution in [0.5, 0.6) is 0 Å². The Morgan fingerprint density at radius 1 is 1.35 bits per heavy atom. The fourth-order valence-electron chi connectivity index (χ4n) is 2.27. The van der Waals surface area contributed by atoms with Crippen LogP contribution in [-0.2, 0) is 16.8 Å². The first kappa shape index (κ1) is 14.9. The molecule has 0 radical (unpaired) electrons. The van der Waals surface area contributed by atoms with Crippen LogP contribution in [-0.4, -0.2) is 59.5 Å². The van der Waals surface area contributed by atoms with Crippen molar-refractivity contribution in [1.82, 2.24) is 19.0 Å². The highest BCUT2D eigenvalue weighted by Gasteiger charge is 2.28. The highest BCUT2D eigenvalue weighted by atomic mass is 32.2. The summed E-state index contributed by atoms with van der Waals surface area (Å²) in [6, 6.07) is 1.75. The van der Waals surface area contributed by atoms with E-state index in [-0.39, 0.29) is 19.0 Å². The van der Waals surface area contributed by atoms with Crippen molar-refractivity contribution in [2.75, 3.05) is 26.2 Å². The van der Waals surface area contributed by atoms with Crippen LogP contribution in [0.15, 0.2) is 6.07 Å². The van der Waals surface area contributed by atoms with Gasteiger partial charge in [-0.3, -0.25) is 9.48 Å². The second-order valence-electron chi connectivity index (χ2n) is 4.72. The van der Waals surface area contributed by atoms with Crippen LogP contribution in [0.2, 0.25) is 0 Å². The highest BCUT2D eigenvalue weighted by molar-refractivity contribution is 7.86. The summed E-state index contributed by atoms with van der Waals surface area (Å²) in [5.41, 5.74) is 1.33. The molecule has 1 aromatic rings. The number of aromatic nitrogens is 2. The van der Waals surface area contributed by atoms with Gasteiger partial charge in [-0.15, -0.1) is 0 Å². The highest BCUT2D eigenvalue weighted by Crippen LogP contribution is 2.11. The number of carbonyl (C=O) groups excluding carboxylic acids is 1. The minimum atomic E-state index is -3.67. The Kier molecular flexibility index (Phi) is 4.11. The molecule has 2 heterocycles.